The summed E-state index contributed by atoms with van der Waals surface area (Å²) in [5, 5.41) is 12.7. The summed E-state index contributed by atoms with van der Waals surface area (Å²) in [5.74, 6) is 0. The van der Waals surface area contributed by atoms with E-state index in [0.29, 0.717) is 0 Å². The lowest BCUT2D eigenvalue weighted by Gasteiger charge is -2.29. The Hall–Kier alpha value is -6.74. The maximum absolute atomic E-state index is 2.46. The van der Waals surface area contributed by atoms with Crippen LogP contribution in [0.1, 0.15) is 11.1 Å². The average Bonchev–Trinajstić information content (AvgIpc) is 3.64. The molecule has 11 aromatic rings. The quantitative estimate of drug-likeness (QED) is 0.159. The van der Waals surface area contributed by atoms with Crippen molar-refractivity contribution in [3.8, 4) is 22.3 Å². The highest BCUT2D eigenvalue weighted by Gasteiger charge is 2.22. The normalized spacial score (nSPS) is 11.8. The summed E-state index contributed by atoms with van der Waals surface area (Å²) >= 11 is 1.90. The zero-order valence-corrected chi connectivity index (χ0v) is 32.1. The molecule has 0 N–H and O–H groups in total. The molecule has 0 bridgehead atoms. The largest absolute Gasteiger partial charge is 0.309 e. The van der Waals surface area contributed by atoms with Gasteiger partial charge in [-0.1, -0.05) is 158 Å². The van der Waals surface area contributed by atoms with E-state index >= 15 is 0 Å². The van der Waals surface area contributed by atoms with Crippen LogP contribution in [-0.2, 0) is 0 Å². The summed E-state index contributed by atoms with van der Waals surface area (Å²) < 4.78 is 2.67. The second-order valence-corrected chi connectivity index (χ2v) is 16.0. The zero-order valence-electron chi connectivity index (χ0n) is 31.3. The van der Waals surface area contributed by atoms with Crippen molar-refractivity contribution in [3.05, 3.63) is 199 Å². The molecule has 56 heavy (non-hydrogen) atoms. The summed E-state index contributed by atoms with van der Waals surface area (Å²) in [6.07, 6.45) is 0. The molecule has 2 heteroatoms. The molecule has 1 heterocycles. The molecule has 264 valence electrons. The summed E-state index contributed by atoms with van der Waals surface area (Å²) in [7, 11) is 0. The van der Waals surface area contributed by atoms with Gasteiger partial charge in [-0.2, -0.15) is 0 Å². The minimum Gasteiger partial charge on any atom is -0.309 e. The van der Waals surface area contributed by atoms with Crippen molar-refractivity contribution >= 4 is 91.7 Å². The summed E-state index contributed by atoms with van der Waals surface area (Å²) in [5.41, 5.74) is 11.1. The van der Waals surface area contributed by atoms with Gasteiger partial charge in [0.15, 0.2) is 0 Å². The Morgan fingerprint density at radius 2 is 0.786 bits per heavy atom. The molecule has 1 nitrogen and oxygen atoms in total. The minimum absolute atomic E-state index is 1.12. The van der Waals surface area contributed by atoms with Crippen LogP contribution in [0.5, 0.6) is 0 Å². The first-order valence-corrected chi connectivity index (χ1v) is 20.2. The molecule has 0 saturated heterocycles. The van der Waals surface area contributed by atoms with E-state index in [1.807, 2.05) is 11.3 Å². The average molecular weight is 732 g/mol. The van der Waals surface area contributed by atoms with Crippen LogP contribution in [0.2, 0.25) is 0 Å². The molecule has 0 aliphatic rings. The first-order valence-electron chi connectivity index (χ1n) is 19.4. The monoisotopic (exact) mass is 731 g/mol. The Morgan fingerprint density at radius 1 is 0.339 bits per heavy atom. The smallest absolute Gasteiger partial charge is 0.0540 e. The van der Waals surface area contributed by atoms with Gasteiger partial charge < -0.3 is 4.90 Å². The van der Waals surface area contributed by atoms with Gasteiger partial charge in [0.05, 0.1) is 11.4 Å². The molecule has 11 rings (SSSR count). The number of aryl methyl sites for hydroxylation is 2. The fraction of sp³-hybridized carbons (Fsp3) is 0.0370. The molecule has 1 aromatic heterocycles. The second kappa shape index (κ2) is 12.9. The number of benzene rings is 10. The van der Waals surface area contributed by atoms with Crippen molar-refractivity contribution < 1.29 is 0 Å². The maximum atomic E-state index is 2.46. The van der Waals surface area contributed by atoms with Crippen molar-refractivity contribution in [1.29, 1.82) is 0 Å². The van der Waals surface area contributed by atoms with Crippen LogP contribution in [0.3, 0.4) is 0 Å². The Balaban J connectivity index is 1.14. The minimum atomic E-state index is 1.12. The molecule has 0 saturated carbocycles. The molecule has 10 aromatic carbocycles. The topological polar surface area (TPSA) is 3.24 Å². The Morgan fingerprint density at radius 3 is 1.34 bits per heavy atom. The molecular weight excluding hydrogens is 695 g/mol. The van der Waals surface area contributed by atoms with Gasteiger partial charge in [0.25, 0.3) is 0 Å². The highest BCUT2D eigenvalue weighted by Crippen LogP contribution is 2.49. The van der Waals surface area contributed by atoms with Crippen molar-refractivity contribution in [2.75, 3.05) is 4.90 Å². The number of anilines is 3. The highest BCUT2D eigenvalue weighted by molar-refractivity contribution is 7.26. The first kappa shape index (κ1) is 32.7. The Kier molecular flexibility index (Phi) is 7.55. The van der Waals surface area contributed by atoms with E-state index in [1.165, 1.54) is 108 Å². The molecule has 0 atom stereocenters. The van der Waals surface area contributed by atoms with Gasteiger partial charge in [-0.25, -0.2) is 0 Å². The number of thiophene rings is 1. The molecule has 0 unspecified atom stereocenters. The molecule has 0 fully saturated rings. The fourth-order valence-electron chi connectivity index (χ4n) is 9.12. The van der Waals surface area contributed by atoms with E-state index in [2.05, 4.69) is 207 Å². The first-order chi connectivity index (χ1) is 27.6. The van der Waals surface area contributed by atoms with Gasteiger partial charge in [0.2, 0.25) is 0 Å². The molecule has 0 aliphatic carbocycles. The molecule has 0 spiro atoms. The van der Waals surface area contributed by atoms with Crippen LogP contribution in [0.15, 0.2) is 188 Å². The lowest BCUT2D eigenvalue weighted by Crippen LogP contribution is -2.11. The van der Waals surface area contributed by atoms with Gasteiger partial charge in [-0.15, -0.1) is 11.3 Å². The number of nitrogens with zero attached hydrogens (tertiary/aromatic N) is 1. The third-order valence-corrected chi connectivity index (χ3v) is 13.0. The van der Waals surface area contributed by atoms with Crippen LogP contribution >= 0.6 is 11.3 Å². The van der Waals surface area contributed by atoms with Crippen LogP contribution in [0.4, 0.5) is 17.1 Å². The standard InChI is InChI=1S/C54H37NS/c1-34-26-32-49(40-16-5-3-14-38(34)40)55(50-33-27-35(2)39-15-4-6-17-41(39)50)37-30-28-36(29-31-37)52-43-19-7-9-21-45(43)53(46-22-10-8-20-44(46)52)48-24-13-23-47-42-18-11-12-25-51(42)56-54(47)48/h3-33H,1-2H3. The molecule has 0 aliphatic heterocycles. The number of rotatable bonds is 5. The molecule has 0 radical (unpaired) electrons. The van der Waals surface area contributed by atoms with Crippen LogP contribution in [0, 0.1) is 13.8 Å². The van der Waals surface area contributed by atoms with Gasteiger partial charge in [-0.05, 0) is 104 Å². The van der Waals surface area contributed by atoms with Crippen molar-refractivity contribution in [2.24, 2.45) is 0 Å². The zero-order chi connectivity index (χ0) is 37.3. The summed E-state index contributed by atoms with van der Waals surface area (Å²) in [4.78, 5) is 2.46. The fourth-order valence-corrected chi connectivity index (χ4v) is 10.3. The van der Waals surface area contributed by atoms with E-state index in [-0.39, 0.29) is 0 Å². The van der Waals surface area contributed by atoms with Gasteiger partial charge >= 0.3 is 0 Å². The van der Waals surface area contributed by atoms with Gasteiger partial charge in [-0.3, -0.25) is 0 Å². The summed E-state index contributed by atoms with van der Waals surface area (Å²) in [6, 6.07) is 69.6. The SMILES string of the molecule is Cc1ccc(N(c2ccc(-c3c4ccccc4c(-c4cccc5c4sc4ccccc45)c4ccccc34)cc2)c2ccc(C)c3ccccc23)c2ccccc12. The van der Waals surface area contributed by atoms with Gasteiger partial charge in [0.1, 0.15) is 0 Å². The summed E-state index contributed by atoms with van der Waals surface area (Å²) in [6.45, 7) is 4.41. The van der Waals surface area contributed by atoms with Crippen LogP contribution in [0.25, 0.3) is 85.5 Å². The molecular formula is C54H37NS. The Labute approximate surface area is 330 Å². The highest BCUT2D eigenvalue weighted by atomic mass is 32.1. The number of hydrogen-bond donors (Lipinski definition) is 0. The van der Waals surface area contributed by atoms with Gasteiger partial charge in [0, 0.05) is 42.2 Å². The van der Waals surface area contributed by atoms with Crippen LogP contribution in [-0.4, -0.2) is 0 Å². The lowest BCUT2D eigenvalue weighted by molar-refractivity contribution is 1.30. The number of hydrogen-bond acceptors (Lipinski definition) is 2. The van der Waals surface area contributed by atoms with Crippen LogP contribution < -0.4 is 4.90 Å². The van der Waals surface area contributed by atoms with Crippen molar-refractivity contribution in [3.63, 3.8) is 0 Å². The van der Waals surface area contributed by atoms with Crippen molar-refractivity contribution in [1.82, 2.24) is 0 Å². The molecule has 0 amide bonds. The number of fused-ring (bicyclic) bond motifs is 7. The van der Waals surface area contributed by atoms with E-state index in [0.717, 1.165) is 5.69 Å². The van der Waals surface area contributed by atoms with E-state index < -0.39 is 0 Å². The predicted molar refractivity (Wildman–Crippen MR) is 244 cm³/mol. The lowest BCUT2D eigenvalue weighted by atomic mass is 9.85. The van der Waals surface area contributed by atoms with E-state index in [4.69, 9.17) is 0 Å². The Bertz CT molecular complexity index is 3190. The van der Waals surface area contributed by atoms with E-state index in [1.54, 1.807) is 0 Å². The van der Waals surface area contributed by atoms with Crippen molar-refractivity contribution in [2.45, 2.75) is 13.8 Å². The predicted octanol–water partition coefficient (Wildman–Crippen LogP) is 16.1. The third kappa shape index (κ3) is 5.00. The third-order valence-electron chi connectivity index (χ3n) is 11.7. The second-order valence-electron chi connectivity index (χ2n) is 14.9. The van der Waals surface area contributed by atoms with E-state index in [9.17, 15) is 0 Å². The maximum Gasteiger partial charge on any atom is 0.0540 e.